The molecule has 3 N–H and O–H groups in total. The van der Waals surface area contributed by atoms with Crippen molar-refractivity contribution in [3.05, 3.63) is 29.8 Å². The number of alkyl halides is 3. The van der Waals surface area contributed by atoms with Crippen LogP contribution in [-0.4, -0.2) is 24.4 Å². The molecule has 1 unspecified atom stereocenters. The second-order valence-corrected chi connectivity index (χ2v) is 5.69. The summed E-state index contributed by atoms with van der Waals surface area (Å²) in [7, 11) is 0. The fourth-order valence-electron chi connectivity index (χ4n) is 1.79. The van der Waals surface area contributed by atoms with E-state index in [1.807, 2.05) is 20.8 Å². The summed E-state index contributed by atoms with van der Waals surface area (Å²) in [5, 5.41) is 2.87. The van der Waals surface area contributed by atoms with Crippen LogP contribution in [0.1, 0.15) is 26.3 Å². The van der Waals surface area contributed by atoms with Gasteiger partial charge in [-0.15, -0.1) is 13.2 Å². The van der Waals surface area contributed by atoms with Crippen LogP contribution in [0, 0.1) is 5.92 Å². The van der Waals surface area contributed by atoms with Crippen molar-refractivity contribution in [2.45, 2.75) is 39.1 Å². The molecule has 0 aliphatic heterocycles. The van der Waals surface area contributed by atoms with E-state index in [0.29, 0.717) is 12.1 Å². The van der Waals surface area contributed by atoms with E-state index in [1.165, 1.54) is 24.3 Å². The second kappa shape index (κ2) is 7.00. The topological polar surface area (TPSA) is 64.3 Å². The van der Waals surface area contributed by atoms with E-state index in [9.17, 15) is 18.0 Å². The average molecular weight is 318 g/mol. The fraction of sp³-hybridized carbons (Fsp3) is 0.533. The second-order valence-electron chi connectivity index (χ2n) is 5.69. The van der Waals surface area contributed by atoms with E-state index in [2.05, 4.69) is 10.1 Å². The molecule has 1 rings (SSSR count). The van der Waals surface area contributed by atoms with E-state index in [0.717, 1.165) is 0 Å². The minimum absolute atomic E-state index is 0.0641. The lowest BCUT2D eigenvalue weighted by Gasteiger charge is -2.33. The molecule has 0 fully saturated rings. The molecule has 1 atom stereocenters. The first kappa shape index (κ1) is 18.3. The average Bonchev–Trinajstić information content (AvgIpc) is 2.39. The number of hydrogen-bond acceptors (Lipinski definition) is 3. The lowest BCUT2D eigenvalue weighted by molar-refractivity contribution is -0.274. The summed E-state index contributed by atoms with van der Waals surface area (Å²) in [6.07, 6.45) is -4.66. The van der Waals surface area contributed by atoms with Crippen molar-refractivity contribution in [2.24, 2.45) is 11.7 Å². The number of benzene rings is 1. The summed E-state index contributed by atoms with van der Waals surface area (Å²) in [6, 6.07) is 5.22. The number of carbonyl (C=O) groups is 1. The number of carbonyl (C=O) groups excluding carboxylic acids is 1. The number of nitrogens with one attached hydrogen (secondary N) is 1. The van der Waals surface area contributed by atoms with Crippen LogP contribution in [0.15, 0.2) is 24.3 Å². The van der Waals surface area contributed by atoms with Crippen LogP contribution in [0.4, 0.5) is 13.2 Å². The Bertz CT molecular complexity index is 501. The third kappa shape index (κ3) is 5.55. The van der Waals surface area contributed by atoms with Gasteiger partial charge in [0, 0.05) is 6.54 Å². The first-order valence-corrected chi connectivity index (χ1v) is 6.91. The molecule has 4 nitrogen and oxygen atoms in total. The highest BCUT2D eigenvalue weighted by molar-refractivity contribution is 5.79. The molecule has 0 aromatic heterocycles. The van der Waals surface area contributed by atoms with Crippen molar-refractivity contribution in [2.75, 3.05) is 6.54 Å². The van der Waals surface area contributed by atoms with Gasteiger partial charge in [0.25, 0.3) is 0 Å². The van der Waals surface area contributed by atoms with Crippen molar-refractivity contribution in [3.63, 3.8) is 0 Å². The number of nitrogens with two attached hydrogens (primary N) is 1. The molecule has 1 aromatic rings. The summed E-state index contributed by atoms with van der Waals surface area (Å²) in [5.41, 5.74) is 5.77. The molecule has 0 aliphatic carbocycles. The monoisotopic (exact) mass is 318 g/mol. The third-order valence-electron chi connectivity index (χ3n) is 3.64. The highest BCUT2D eigenvalue weighted by atomic mass is 19.4. The lowest BCUT2D eigenvalue weighted by Crippen LogP contribution is -2.55. The Hall–Kier alpha value is -1.76. The van der Waals surface area contributed by atoms with Crippen LogP contribution < -0.4 is 15.8 Å². The highest BCUT2D eigenvalue weighted by Gasteiger charge is 2.31. The van der Waals surface area contributed by atoms with Gasteiger partial charge in [0.15, 0.2) is 0 Å². The summed E-state index contributed by atoms with van der Waals surface area (Å²) in [6.45, 7) is 6.07. The first-order chi connectivity index (χ1) is 10.1. The Morgan fingerprint density at radius 2 is 1.82 bits per heavy atom. The Balaban J connectivity index is 2.66. The van der Waals surface area contributed by atoms with Gasteiger partial charge in [-0.25, -0.2) is 0 Å². The van der Waals surface area contributed by atoms with Crippen LogP contribution in [0.3, 0.4) is 0 Å². The molecule has 7 heteroatoms. The van der Waals surface area contributed by atoms with Crippen LogP contribution in [0.2, 0.25) is 0 Å². The van der Waals surface area contributed by atoms with Crippen LogP contribution in [0.25, 0.3) is 0 Å². The van der Waals surface area contributed by atoms with Gasteiger partial charge in [-0.05, 0) is 30.5 Å². The molecule has 0 heterocycles. The molecule has 0 bridgehead atoms. The van der Waals surface area contributed by atoms with E-state index in [1.54, 1.807) is 0 Å². The summed E-state index contributed by atoms with van der Waals surface area (Å²) in [4.78, 5) is 12.0. The molecule has 1 aromatic carbocycles. The minimum Gasteiger partial charge on any atom is -0.406 e. The fourth-order valence-corrected chi connectivity index (χ4v) is 1.79. The normalized spacial score (nSPS) is 14.5. The predicted octanol–water partition coefficient (Wildman–Crippen LogP) is 2.62. The molecule has 22 heavy (non-hydrogen) atoms. The van der Waals surface area contributed by atoms with Crippen LogP contribution in [0.5, 0.6) is 5.75 Å². The summed E-state index contributed by atoms with van der Waals surface area (Å²) < 4.78 is 39.9. The Kier molecular flexibility index (Phi) is 5.82. The molecule has 0 saturated carbocycles. The number of amides is 1. The van der Waals surface area contributed by atoms with Gasteiger partial charge in [0.05, 0.1) is 12.0 Å². The number of rotatable bonds is 6. The maximum atomic E-state index is 12.1. The van der Waals surface area contributed by atoms with Gasteiger partial charge in [-0.3, -0.25) is 4.79 Å². The zero-order valence-corrected chi connectivity index (χ0v) is 12.8. The van der Waals surface area contributed by atoms with Crippen molar-refractivity contribution in [1.82, 2.24) is 5.32 Å². The standard InChI is InChI=1S/C15H21F3N2O2/c1-10(2)14(3,9-19)20-13(21)8-11-4-6-12(7-5-11)22-15(16,17)18/h4-7,10H,8-9,19H2,1-3H3,(H,20,21). The molecular formula is C15H21F3N2O2. The number of halogens is 3. The van der Waals surface area contributed by atoms with Gasteiger partial charge >= 0.3 is 6.36 Å². The first-order valence-electron chi connectivity index (χ1n) is 6.91. The molecule has 124 valence electrons. The van der Waals surface area contributed by atoms with Gasteiger partial charge in [-0.2, -0.15) is 0 Å². The molecule has 1 amide bonds. The quantitative estimate of drug-likeness (QED) is 0.847. The zero-order valence-electron chi connectivity index (χ0n) is 12.8. The third-order valence-corrected chi connectivity index (χ3v) is 3.64. The van der Waals surface area contributed by atoms with Crippen molar-refractivity contribution in [1.29, 1.82) is 0 Å². The van der Waals surface area contributed by atoms with E-state index < -0.39 is 11.9 Å². The molecule has 0 radical (unpaired) electrons. The van der Waals surface area contributed by atoms with E-state index in [4.69, 9.17) is 5.73 Å². The van der Waals surface area contributed by atoms with Crippen LogP contribution in [-0.2, 0) is 11.2 Å². The van der Waals surface area contributed by atoms with Crippen LogP contribution >= 0.6 is 0 Å². The molecule has 0 saturated heterocycles. The van der Waals surface area contributed by atoms with Crippen molar-refractivity contribution in [3.8, 4) is 5.75 Å². The summed E-state index contributed by atoms with van der Waals surface area (Å²) in [5.74, 6) is -0.388. The Morgan fingerprint density at radius 1 is 1.27 bits per heavy atom. The van der Waals surface area contributed by atoms with E-state index >= 15 is 0 Å². The van der Waals surface area contributed by atoms with Gasteiger partial charge < -0.3 is 15.8 Å². The predicted molar refractivity (Wildman–Crippen MR) is 77.3 cm³/mol. The summed E-state index contributed by atoms with van der Waals surface area (Å²) >= 11 is 0. The SMILES string of the molecule is CC(C)C(C)(CN)NC(=O)Cc1ccc(OC(F)(F)F)cc1. The van der Waals surface area contributed by atoms with Gasteiger partial charge in [-0.1, -0.05) is 26.0 Å². The zero-order chi connectivity index (χ0) is 17.0. The lowest BCUT2D eigenvalue weighted by atomic mass is 9.88. The largest absolute Gasteiger partial charge is 0.573 e. The van der Waals surface area contributed by atoms with Gasteiger partial charge in [0.1, 0.15) is 5.75 Å². The highest BCUT2D eigenvalue weighted by Crippen LogP contribution is 2.23. The number of hydrogen-bond donors (Lipinski definition) is 2. The smallest absolute Gasteiger partial charge is 0.406 e. The van der Waals surface area contributed by atoms with Crippen molar-refractivity contribution < 1.29 is 22.7 Å². The molecular weight excluding hydrogens is 297 g/mol. The maximum absolute atomic E-state index is 12.1. The minimum atomic E-state index is -4.72. The number of ether oxygens (including phenoxy) is 1. The maximum Gasteiger partial charge on any atom is 0.573 e. The van der Waals surface area contributed by atoms with Crippen molar-refractivity contribution >= 4 is 5.91 Å². The Morgan fingerprint density at radius 3 is 2.23 bits per heavy atom. The molecule has 0 spiro atoms. The molecule has 0 aliphatic rings. The Labute approximate surface area is 127 Å². The van der Waals surface area contributed by atoms with E-state index in [-0.39, 0.29) is 24.0 Å². The van der Waals surface area contributed by atoms with Gasteiger partial charge in [0.2, 0.25) is 5.91 Å².